The number of benzene rings is 1. The average molecular weight is 336 g/mol. The summed E-state index contributed by atoms with van der Waals surface area (Å²) in [7, 11) is 0. The summed E-state index contributed by atoms with van der Waals surface area (Å²) in [6, 6.07) is 6.08. The van der Waals surface area contributed by atoms with E-state index in [9.17, 15) is 14.4 Å². The molecule has 0 bridgehead atoms. The Morgan fingerprint density at radius 3 is 2.33 bits per heavy atom. The molecule has 0 aliphatic heterocycles. The maximum absolute atomic E-state index is 12.1. The summed E-state index contributed by atoms with van der Waals surface area (Å²) in [6.07, 6.45) is 0.153. The second-order valence-corrected chi connectivity index (χ2v) is 6.11. The summed E-state index contributed by atoms with van der Waals surface area (Å²) in [5.41, 5.74) is 0.785. The van der Waals surface area contributed by atoms with Crippen LogP contribution < -0.4 is 10.6 Å². The molecule has 132 valence electrons. The van der Waals surface area contributed by atoms with Crippen LogP contribution in [-0.2, 0) is 25.5 Å². The summed E-state index contributed by atoms with van der Waals surface area (Å²) in [5, 5.41) is 5.07. The molecular formula is C17H24N2O5. The molecule has 0 fully saturated rings. The lowest BCUT2D eigenvalue weighted by atomic mass is 10.1. The smallest absolute Gasteiger partial charge is 0.408 e. The molecule has 0 saturated heterocycles. The maximum atomic E-state index is 12.1. The number of rotatable bonds is 7. The summed E-state index contributed by atoms with van der Waals surface area (Å²) >= 11 is 0. The van der Waals surface area contributed by atoms with E-state index in [0.717, 1.165) is 5.56 Å². The molecule has 1 unspecified atom stereocenters. The van der Waals surface area contributed by atoms with E-state index in [1.54, 1.807) is 52.0 Å². The molecule has 1 atom stereocenters. The predicted octanol–water partition coefficient (Wildman–Crippen LogP) is 2.25. The highest BCUT2D eigenvalue weighted by Gasteiger charge is 2.25. The maximum Gasteiger partial charge on any atom is 0.408 e. The van der Waals surface area contributed by atoms with Crippen molar-refractivity contribution in [3.63, 3.8) is 0 Å². The molecule has 1 aromatic carbocycles. The first-order valence-corrected chi connectivity index (χ1v) is 7.70. The molecule has 0 aliphatic rings. The van der Waals surface area contributed by atoms with Crippen molar-refractivity contribution in [1.29, 1.82) is 0 Å². The zero-order chi connectivity index (χ0) is 18.2. The first-order valence-electron chi connectivity index (χ1n) is 7.70. The Kier molecular flexibility index (Phi) is 7.23. The topological polar surface area (TPSA) is 93.7 Å². The minimum atomic E-state index is -0.857. The third-order valence-electron chi connectivity index (χ3n) is 2.88. The Bertz CT molecular complexity index is 563. The molecule has 2 N–H and O–H groups in total. The lowest BCUT2D eigenvalue weighted by molar-refractivity contribution is -0.145. The standard InChI is InChI=1S/C17H24N2O5/c1-5-23-15(21)14(19-16(22)24-17(2,3)4)10-12-6-8-13(9-7-12)18-11-20/h6-9,11,14H,5,10H2,1-4H3,(H,18,20)(H,19,22). The van der Waals surface area contributed by atoms with Crippen LogP contribution >= 0.6 is 0 Å². The molecule has 0 spiro atoms. The fourth-order valence-corrected chi connectivity index (χ4v) is 1.93. The van der Waals surface area contributed by atoms with E-state index in [0.29, 0.717) is 12.1 Å². The van der Waals surface area contributed by atoms with Gasteiger partial charge in [0.25, 0.3) is 0 Å². The molecule has 1 aromatic rings. The third kappa shape index (κ3) is 7.13. The van der Waals surface area contributed by atoms with Crippen molar-refractivity contribution in [1.82, 2.24) is 5.32 Å². The summed E-state index contributed by atoms with van der Waals surface area (Å²) < 4.78 is 10.2. The predicted molar refractivity (Wildman–Crippen MR) is 89.6 cm³/mol. The van der Waals surface area contributed by atoms with Gasteiger partial charge in [0, 0.05) is 12.1 Å². The van der Waals surface area contributed by atoms with Gasteiger partial charge in [0.2, 0.25) is 6.41 Å². The van der Waals surface area contributed by atoms with Crippen LogP contribution in [0.15, 0.2) is 24.3 Å². The van der Waals surface area contributed by atoms with Gasteiger partial charge >= 0.3 is 12.1 Å². The van der Waals surface area contributed by atoms with E-state index < -0.39 is 23.7 Å². The van der Waals surface area contributed by atoms with Crippen molar-refractivity contribution in [2.24, 2.45) is 0 Å². The Balaban J connectivity index is 2.80. The van der Waals surface area contributed by atoms with Crippen molar-refractivity contribution < 1.29 is 23.9 Å². The number of ether oxygens (including phenoxy) is 2. The van der Waals surface area contributed by atoms with Crippen LogP contribution in [0.3, 0.4) is 0 Å². The largest absolute Gasteiger partial charge is 0.464 e. The number of esters is 1. The van der Waals surface area contributed by atoms with E-state index in [1.807, 2.05) is 0 Å². The van der Waals surface area contributed by atoms with Crippen molar-refractivity contribution in [3.8, 4) is 0 Å². The van der Waals surface area contributed by atoms with Crippen LogP contribution in [0.25, 0.3) is 0 Å². The van der Waals surface area contributed by atoms with Gasteiger partial charge in [-0.25, -0.2) is 9.59 Å². The second kappa shape index (κ2) is 8.90. The Hall–Kier alpha value is -2.57. The van der Waals surface area contributed by atoms with E-state index in [4.69, 9.17) is 9.47 Å². The normalized spacial score (nSPS) is 12.0. The monoisotopic (exact) mass is 336 g/mol. The number of alkyl carbamates (subject to hydrolysis) is 1. The molecule has 0 heterocycles. The van der Waals surface area contributed by atoms with Crippen molar-refractivity contribution in [2.45, 2.75) is 45.8 Å². The number of carbonyl (C=O) groups is 3. The molecule has 24 heavy (non-hydrogen) atoms. The van der Waals surface area contributed by atoms with Gasteiger partial charge in [0.1, 0.15) is 11.6 Å². The minimum Gasteiger partial charge on any atom is -0.464 e. The van der Waals surface area contributed by atoms with Crippen LogP contribution in [-0.4, -0.2) is 36.7 Å². The molecule has 0 radical (unpaired) electrons. The Morgan fingerprint density at radius 2 is 1.83 bits per heavy atom. The highest BCUT2D eigenvalue weighted by atomic mass is 16.6. The molecular weight excluding hydrogens is 312 g/mol. The van der Waals surface area contributed by atoms with E-state index >= 15 is 0 Å². The molecule has 0 aliphatic carbocycles. The van der Waals surface area contributed by atoms with Crippen molar-refractivity contribution in [3.05, 3.63) is 29.8 Å². The zero-order valence-corrected chi connectivity index (χ0v) is 14.4. The Labute approximate surface area is 141 Å². The summed E-state index contributed by atoms with van der Waals surface area (Å²) in [4.78, 5) is 34.4. The van der Waals surface area contributed by atoms with Gasteiger partial charge in [-0.2, -0.15) is 0 Å². The highest BCUT2D eigenvalue weighted by molar-refractivity contribution is 5.81. The molecule has 7 nitrogen and oxygen atoms in total. The number of hydrogen-bond donors (Lipinski definition) is 2. The van der Waals surface area contributed by atoms with Crippen LogP contribution in [0.5, 0.6) is 0 Å². The highest BCUT2D eigenvalue weighted by Crippen LogP contribution is 2.12. The molecule has 7 heteroatoms. The third-order valence-corrected chi connectivity index (χ3v) is 2.88. The Morgan fingerprint density at radius 1 is 1.21 bits per heavy atom. The van der Waals surface area contributed by atoms with Gasteiger partial charge in [0.15, 0.2) is 0 Å². The molecule has 0 aromatic heterocycles. The van der Waals surface area contributed by atoms with Crippen LogP contribution in [0, 0.1) is 0 Å². The first-order chi connectivity index (χ1) is 11.2. The van der Waals surface area contributed by atoms with Crippen molar-refractivity contribution >= 4 is 24.2 Å². The van der Waals surface area contributed by atoms with E-state index in [1.165, 1.54) is 0 Å². The van der Waals surface area contributed by atoms with Crippen LogP contribution in [0.1, 0.15) is 33.3 Å². The first kappa shape index (κ1) is 19.5. The molecule has 0 saturated carbocycles. The van der Waals surface area contributed by atoms with E-state index in [-0.39, 0.29) is 13.0 Å². The minimum absolute atomic E-state index is 0.216. The summed E-state index contributed by atoms with van der Waals surface area (Å²) in [5.74, 6) is -0.529. The van der Waals surface area contributed by atoms with Gasteiger partial charge in [0.05, 0.1) is 6.61 Å². The summed E-state index contributed by atoms with van der Waals surface area (Å²) in [6.45, 7) is 7.13. The fourth-order valence-electron chi connectivity index (χ4n) is 1.93. The number of nitrogens with one attached hydrogen (secondary N) is 2. The van der Waals surface area contributed by atoms with Crippen LogP contribution in [0.2, 0.25) is 0 Å². The molecule has 1 rings (SSSR count). The quantitative estimate of drug-likeness (QED) is 0.588. The lowest BCUT2D eigenvalue weighted by Gasteiger charge is -2.23. The van der Waals surface area contributed by atoms with Gasteiger partial charge in [-0.1, -0.05) is 12.1 Å². The number of amides is 2. The SMILES string of the molecule is CCOC(=O)C(Cc1ccc(NC=O)cc1)NC(=O)OC(C)(C)C. The molecule has 2 amide bonds. The van der Waals surface area contributed by atoms with Crippen LogP contribution in [0.4, 0.5) is 10.5 Å². The second-order valence-electron chi connectivity index (χ2n) is 6.11. The number of carbonyl (C=O) groups excluding carboxylic acids is 3. The van der Waals surface area contributed by atoms with Crippen molar-refractivity contribution in [2.75, 3.05) is 11.9 Å². The lowest BCUT2D eigenvalue weighted by Crippen LogP contribution is -2.45. The number of hydrogen-bond acceptors (Lipinski definition) is 5. The van der Waals surface area contributed by atoms with Gasteiger partial charge in [-0.05, 0) is 45.4 Å². The van der Waals surface area contributed by atoms with Gasteiger partial charge in [-0.3, -0.25) is 4.79 Å². The fraction of sp³-hybridized carbons (Fsp3) is 0.471. The number of anilines is 1. The van der Waals surface area contributed by atoms with E-state index in [2.05, 4.69) is 10.6 Å². The van der Waals surface area contributed by atoms with Gasteiger partial charge < -0.3 is 20.1 Å². The average Bonchev–Trinajstić information content (AvgIpc) is 2.47. The van der Waals surface area contributed by atoms with Gasteiger partial charge in [-0.15, -0.1) is 0 Å². The zero-order valence-electron chi connectivity index (χ0n) is 14.4.